The molecule has 0 bridgehead atoms. The fourth-order valence-electron chi connectivity index (χ4n) is 3.81. The van der Waals surface area contributed by atoms with Crippen LogP contribution in [0.4, 0.5) is 0 Å². The number of hydrogen-bond acceptors (Lipinski definition) is 8. The number of rotatable bonds is 1. The Morgan fingerprint density at radius 2 is 1.33 bits per heavy atom. The number of carbonyl (C=O) groups is 1. The van der Waals surface area contributed by atoms with Crippen LogP contribution in [-0.4, -0.2) is 16.2 Å². The van der Waals surface area contributed by atoms with E-state index in [2.05, 4.69) is 0 Å². The Morgan fingerprint density at radius 3 is 1.81 bits per heavy atom. The summed E-state index contributed by atoms with van der Waals surface area (Å²) in [5, 5.41) is 29.3. The van der Waals surface area contributed by atoms with Crippen LogP contribution in [0.2, 0.25) is 10.0 Å². The van der Waals surface area contributed by atoms with Crippen molar-refractivity contribution >= 4 is 48.0 Å². The zero-order valence-corrected chi connectivity index (χ0v) is 22.9. The van der Waals surface area contributed by atoms with Gasteiger partial charge in [0.2, 0.25) is 0 Å². The molecule has 0 radical (unpaired) electrons. The molecule has 1 unspecified atom stereocenters. The molecule has 10 nitrogen and oxygen atoms in total. The number of halogens is 4. The molecule has 2 aliphatic heterocycles. The molecular formula is C21H16Cl4N3O7Pt-. The van der Waals surface area contributed by atoms with Gasteiger partial charge < -0.3 is 42.1 Å². The molecule has 0 saturated carbocycles. The van der Waals surface area contributed by atoms with Crippen LogP contribution in [0.25, 0.3) is 12.3 Å². The molecular weight excluding hydrogens is 743 g/mol. The minimum atomic E-state index is -0.633. The third kappa shape index (κ3) is 6.33. The maximum atomic E-state index is 12.4. The number of benzene rings is 3. The second-order valence-corrected chi connectivity index (χ2v) is 10.9. The Hall–Kier alpha value is -2.30. The van der Waals surface area contributed by atoms with Gasteiger partial charge in [-0.2, -0.15) is 0 Å². The molecule has 36 heavy (non-hydrogen) atoms. The zero-order valence-electron chi connectivity index (χ0n) is 17.6. The maximum Gasteiger partial charge on any atom is -0.693 e. The monoisotopic (exact) mass is 757 g/mol. The second-order valence-electron chi connectivity index (χ2n) is 6.80. The summed E-state index contributed by atoms with van der Waals surface area (Å²) in [6, 6.07) is 13.2. The van der Waals surface area contributed by atoms with Crippen molar-refractivity contribution in [3.05, 3.63) is 103 Å². The van der Waals surface area contributed by atoms with Gasteiger partial charge in [0, 0.05) is 28.8 Å². The van der Waals surface area contributed by atoms with E-state index in [9.17, 15) is 15.0 Å². The van der Waals surface area contributed by atoms with Crippen LogP contribution in [-0.2, 0) is 21.2 Å². The van der Waals surface area contributed by atoms with Crippen LogP contribution in [0.5, 0.6) is 23.0 Å². The summed E-state index contributed by atoms with van der Waals surface area (Å²) >= 11 is 11.8. The van der Waals surface area contributed by atoms with E-state index < -0.39 is 34.5 Å². The minimum absolute atomic E-state index is 0. The molecule has 0 saturated heterocycles. The first-order valence-electron chi connectivity index (χ1n) is 9.07. The van der Waals surface area contributed by atoms with Crippen molar-refractivity contribution in [3.8, 4) is 23.0 Å². The molecule has 0 fully saturated rings. The Balaban J connectivity index is 0.000000742. The SMILES string of the molecule is O=C1OC(C2c3cc(Cl)c(O)cc3Oc3cc(O)c(Cl)cc32)c2ccccc21.O=N[O-].[Cl][Pt+2][Cl].[NH2-].[NH2-]. The molecule has 2 aliphatic rings. The minimum Gasteiger partial charge on any atom is -0.693 e. The largest absolute Gasteiger partial charge is 0.693 e. The molecule has 2 heterocycles. The van der Waals surface area contributed by atoms with Gasteiger partial charge in [0.15, 0.2) is 0 Å². The zero-order chi connectivity index (χ0) is 25.0. The molecule has 0 aromatic heterocycles. The van der Waals surface area contributed by atoms with E-state index in [1.807, 2.05) is 12.1 Å². The van der Waals surface area contributed by atoms with Crippen LogP contribution >= 0.6 is 42.0 Å². The average Bonchev–Trinajstić information content (AvgIpc) is 3.12. The van der Waals surface area contributed by atoms with Gasteiger partial charge in [0.05, 0.1) is 21.5 Å². The molecule has 3 aromatic carbocycles. The Labute approximate surface area is 231 Å². The van der Waals surface area contributed by atoms with Crippen LogP contribution < -0.4 is 4.74 Å². The van der Waals surface area contributed by atoms with Crippen LogP contribution in [0.15, 0.2) is 53.9 Å². The summed E-state index contributed by atoms with van der Waals surface area (Å²) in [7, 11) is 9.75. The molecule has 0 aliphatic carbocycles. The number of phenolic OH excluding ortho intramolecular Hbond substituents is 2. The first-order chi connectivity index (χ1) is 16.3. The molecule has 5 rings (SSSR count). The summed E-state index contributed by atoms with van der Waals surface area (Å²) in [6.45, 7) is 0. The molecule has 1 atom stereocenters. The molecule has 3 aromatic rings. The molecule has 0 amide bonds. The molecule has 0 spiro atoms. The number of hydrogen-bond donors (Lipinski definition) is 2. The van der Waals surface area contributed by atoms with Gasteiger partial charge in [-0.05, 0) is 18.2 Å². The average molecular weight is 759 g/mol. The van der Waals surface area contributed by atoms with Crippen molar-refractivity contribution in [2.45, 2.75) is 12.0 Å². The first-order valence-corrected chi connectivity index (χ1v) is 15.5. The van der Waals surface area contributed by atoms with Crippen LogP contribution in [0, 0.1) is 10.1 Å². The summed E-state index contributed by atoms with van der Waals surface area (Å²) in [6.07, 6.45) is -0.633. The van der Waals surface area contributed by atoms with Gasteiger partial charge in [0.25, 0.3) is 0 Å². The fraction of sp³-hybridized carbons (Fsp3) is 0.0952. The first kappa shape index (κ1) is 31.7. The van der Waals surface area contributed by atoms with Crippen molar-refractivity contribution in [3.63, 3.8) is 0 Å². The van der Waals surface area contributed by atoms with Gasteiger partial charge in [-0.1, -0.05) is 41.4 Å². The topological polar surface area (TPSA) is 195 Å². The van der Waals surface area contributed by atoms with Gasteiger partial charge >= 0.3 is 41.3 Å². The maximum absolute atomic E-state index is 12.4. The van der Waals surface area contributed by atoms with E-state index in [0.717, 1.165) is 10.9 Å². The summed E-state index contributed by atoms with van der Waals surface area (Å²) in [5.74, 6) is -0.440. The number of ether oxygens (including phenoxy) is 2. The Bertz CT molecular complexity index is 1190. The fourth-order valence-corrected chi connectivity index (χ4v) is 4.16. The number of cyclic esters (lactones) is 1. The predicted molar refractivity (Wildman–Crippen MR) is 134 cm³/mol. The van der Waals surface area contributed by atoms with Gasteiger partial charge in [-0.25, -0.2) is 4.79 Å². The number of nitrogens with two attached hydrogens (primary N) is 2. The van der Waals surface area contributed by atoms with E-state index in [1.54, 1.807) is 24.3 Å². The van der Waals surface area contributed by atoms with Gasteiger partial charge in [0.1, 0.15) is 29.1 Å². The number of phenols is 2. The molecule has 6 N–H and O–H groups in total. The number of carbonyl (C=O) groups excluding carboxylic acids is 1. The van der Waals surface area contributed by atoms with Gasteiger partial charge in [-0.15, -0.1) is 5.34 Å². The molecule has 196 valence electrons. The van der Waals surface area contributed by atoms with E-state index in [4.69, 9.17) is 61.6 Å². The normalized spacial score (nSPS) is 14.4. The third-order valence-corrected chi connectivity index (χ3v) is 5.68. The Kier molecular flexibility index (Phi) is 12.2. The van der Waals surface area contributed by atoms with Crippen LogP contribution in [0.1, 0.15) is 39.1 Å². The number of esters is 1. The summed E-state index contributed by atoms with van der Waals surface area (Å²) in [4.78, 5) is 20.4. The standard InChI is InChI=1S/C21H12Cl2O5.2ClH.HNO2.2H2N.Pt/c22-13-5-11-17(7-15(13)24)27-18-8-16(25)14(23)6-12(18)19(11)20-9-3-1-2-4-10(9)21(26)28-20;;;2-1-3;;;/h1-8,19-20,24-25H;2*1H;(H,2,3);2*1H2;/q;;;;2*-1;+4/p-3. The van der Waals surface area contributed by atoms with Gasteiger partial charge in [-0.3, -0.25) is 0 Å². The second kappa shape index (κ2) is 13.9. The van der Waals surface area contributed by atoms with E-state index >= 15 is 0 Å². The van der Waals surface area contributed by atoms with Crippen molar-refractivity contribution in [1.29, 1.82) is 0 Å². The Morgan fingerprint density at radius 1 is 0.889 bits per heavy atom. The quantitative estimate of drug-likeness (QED) is 0.141. The summed E-state index contributed by atoms with van der Waals surface area (Å²) < 4.78 is 11.6. The summed E-state index contributed by atoms with van der Waals surface area (Å²) in [5.41, 5.74) is 2.53. The van der Waals surface area contributed by atoms with Crippen molar-refractivity contribution in [2.75, 3.05) is 0 Å². The van der Waals surface area contributed by atoms with E-state index in [1.165, 1.54) is 12.1 Å². The van der Waals surface area contributed by atoms with E-state index in [0.29, 0.717) is 28.2 Å². The van der Waals surface area contributed by atoms with Crippen LogP contribution in [0.3, 0.4) is 0 Å². The third-order valence-electron chi connectivity index (χ3n) is 5.07. The molecule has 15 heteroatoms. The van der Waals surface area contributed by atoms with E-state index in [-0.39, 0.29) is 33.8 Å². The smallest absolute Gasteiger partial charge is 0.693 e. The predicted octanol–water partition coefficient (Wildman–Crippen LogP) is 8.62. The number of aromatic hydroxyl groups is 2. The van der Waals surface area contributed by atoms with Crippen molar-refractivity contribution < 1.29 is 41.0 Å². The number of fused-ring (bicyclic) bond motifs is 3. The van der Waals surface area contributed by atoms with Crippen molar-refractivity contribution in [2.24, 2.45) is 5.34 Å². The van der Waals surface area contributed by atoms with Crippen molar-refractivity contribution in [1.82, 2.24) is 0 Å². The number of nitrogens with zero attached hydrogens (tertiary/aromatic N) is 1.